The average molecular weight is 449 g/mol. The van der Waals surface area contributed by atoms with E-state index in [1.54, 1.807) is 18.7 Å². The molecule has 172 valence electrons. The van der Waals surface area contributed by atoms with Gasteiger partial charge < -0.3 is 9.42 Å². The zero-order valence-electron chi connectivity index (χ0n) is 18.5. The highest BCUT2D eigenvalue weighted by Crippen LogP contribution is 2.41. The molecule has 32 heavy (non-hydrogen) atoms. The molecule has 1 amide bonds. The van der Waals surface area contributed by atoms with Crippen LogP contribution in [0.1, 0.15) is 84.1 Å². The zero-order valence-corrected chi connectivity index (χ0v) is 18.5. The maximum absolute atomic E-state index is 13.9. The number of amides is 1. The number of aryl methyl sites for hydroxylation is 1. The van der Waals surface area contributed by atoms with Crippen molar-refractivity contribution in [2.24, 2.45) is 0 Å². The predicted octanol–water partition coefficient (Wildman–Crippen LogP) is 4.98. The highest BCUT2D eigenvalue weighted by Gasteiger charge is 2.39. The second kappa shape index (κ2) is 8.22. The molecule has 3 aromatic rings. The fourth-order valence-corrected chi connectivity index (χ4v) is 4.31. The largest absolute Gasteiger partial charge is 0.417 e. The lowest BCUT2D eigenvalue weighted by molar-refractivity contribution is -0.136. The van der Waals surface area contributed by atoms with Gasteiger partial charge in [0.25, 0.3) is 11.6 Å². The number of alkyl halides is 3. The highest BCUT2D eigenvalue weighted by molar-refractivity contribution is 5.94. The summed E-state index contributed by atoms with van der Waals surface area (Å²) >= 11 is 0. The van der Waals surface area contributed by atoms with Crippen LogP contribution in [-0.2, 0) is 12.6 Å². The van der Waals surface area contributed by atoms with Crippen molar-refractivity contribution < 1.29 is 22.5 Å². The van der Waals surface area contributed by atoms with Crippen molar-refractivity contribution in [3.05, 3.63) is 40.0 Å². The van der Waals surface area contributed by atoms with Gasteiger partial charge in [-0.05, 0) is 38.2 Å². The summed E-state index contributed by atoms with van der Waals surface area (Å²) in [4.78, 5) is 19.0. The average Bonchev–Trinajstić information content (AvgIpc) is 3.35. The number of pyridine rings is 1. The molecule has 10 heteroatoms. The van der Waals surface area contributed by atoms with E-state index in [2.05, 4.69) is 20.3 Å². The molecule has 1 fully saturated rings. The molecule has 1 atom stereocenters. The molecule has 4 rings (SSSR count). The third kappa shape index (κ3) is 3.86. The number of fused-ring (bicyclic) bond motifs is 1. The molecule has 0 spiro atoms. The van der Waals surface area contributed by atoms with Crippen molar-refractivity contribution in [3.63, 3.8) is 0 Å². The van der Waals surface area contributed by atoms with E-state index in [0.29, 0.717) is 30.8 Å². The number of H-pyrrole nitrogens is 1. The number of hydrogen-bond donors (Lipinski definition) is 1. The topological polar surface area (TPSA) is 87.9 Å². The smallest absolute Gasteiger partial charge is 0.337 e. The maximum atomic E-state index is 13.9. The summed E-state index contributed by atoms with van der Waals surface area (Å²) in [6.07, 6.45) is -2.59. The molecular formula is C22H26F3N5O2. The first-order chi connectivity index (χ1) is 15.1. The Morgan fingerprint density at radius 2 is 2.12 bits per heavy atom. The first-order valence-corrected chi connectivity index (χ1v) is 10.8. The van der Waals surface area contributed by atoms with E-state index in [0.717, 1.165) is 23.7 Å². The Hall–Kier alpha value is -2.91. The van der Waals surface area contributed by atoms with Crippen LogP contribution in [0.3, 0.4) is 0 Å². The number of hydrogen-bond acceptors (Lipinski definition) is 5. The molecule has 0 saturated carbocycles. The minimum absolute atomic E-state index is 0.106. The molecular weight excluding hydrogens is 423 g/mol. The van der Waals surface area contributed by atoms with E-state index >= 15 is 0 Å². The van der Waals surface area contributed by atoms with Crippen LogP contribution in [0, 0.1) is 6.92 Å². The predicted molar refractivity (Wildman–Crippen MR) is 111 cm³/mol. The number of nitrogens with zero attached hydrogens (tertiary/aromatic N) is 4. The van der Waals surface area contributed by atoms with Crippen LogP contribution in [0.5, 0.6) is 0 Å². The molecule has 0 aromatic carbocycles. The molecule has 4 heterocycles. The minimum Gasteiger partial charge on any atom is -0.337 e. The second-order valence-corrected chi connectivity index (χ2v) is 8.61. The third-order valence-electron chi connectivity index (χ3n) is 6.15. The van der Waals surface area contributed by atoms with E-state index in [1.807, 2.05) is 13.8 Å². The molecule has 1 aliphatic heterocycles. The van der Waals surface area contributed by atoms with Crippen molar-refractivity contribution in [2.45, 2.75) is 65.0 Å². The fourth-order valence-electron chi connectivity index (χ4n) is 4.31. The SMILES string of the molecule is CCc1[nH]nc(C(=O)N2CCCC(c3noc4nc(C(C)C)cc(C(F)(F)F)c34)C2)c1C. The lowest BCUT2D eigenvalue weighted by Gasteiger charge is -2.31. The van der Waals surface area contributed by atoms with Crippen molar-refractivity contribution in [3.8, 4) is 0 Å². The van der Waals surface area contributed by atoms with Gasteiger partial charge in [0.15, 0.2) is 5.69 Å². The number of rotatable bonds is 4. The molecule has 1 N–H and O–H groups in total. The van der Waals surface area contributed by atoms with E-state index in [4.69, 9.17) is 4.52 Å². The van der Waals surface area contributed by atoms with E-state index in [-0.39, 0.29) is 41.1 Å². The van der Waals surface area contributed by atoms with Gasteiger partial charge in [0, 0.05) is 36.0 Å². The van der Waals surface area contributed by atoms with Gasteiger partial charge >= 0.3 is 6.18 Å². The fraction of sp³-hybridized carbons (Fsp3) is 0.545. The molecule has 1 saturated heterocycles. The summed E-state index contributed by atoms with van der Waals surface area (Å²) in [7, 11) is 0. The quantitative estimate of drug-likeness (QED) is 0.607. The van der Waals surface area contributed by atoms with Crippen LogP contribution in [0.4, 0.5) is 13.2 Å². The monoisotopic (exact) mass is 449 g/mol. The number of nitrogens with one attached hydrogen (secondary N) is 1. The van der Waals surface area contributed by atoms with Crippen LogP contribution in [0.25, 0.3) is 11.1 Å². The van der Waals surface area contributed by atoms with Crippen LogP contribution < -0.4 is 0 Å². The number of likely N-dealkylation sites (tertiary alicyclic amines) is 1. The molecule has 0 bridgehead atoms. The summed E-state index contributed by atoms with van der Waals surface area (Å²) in [6.45, 7) is 8.13. The summed E-state index contributed by atoms with van der Waals surface area (Å²) in [5.41, 5.74) is 1.66. The van der Waals surface area contributed by atoms with Crippen LogP contribution in [0.15, 0.2) is 10.6 Å². The molecule has 1 unspecified atom stereocenters. The first-order valence-electron chi connectivity index (χ1n) is 10.8. The number of aromatic amines is 1. The van der Waals surface area contributed by atoms with Gasteiger partial charge in [0.1, 0.15) is 0 Å². The number of halogens is 3. The van der Waals surface area contributed by atoms with E-state index in [9.17, 15) is 18.0 Å². The lowest BCUT2D eigenvalue weighted by Crippen LogP contribution is -2.39. The van der Waals surface area contributed by atoms with Gasteiger partial charge in [0.05, 0.1) is 16.6 Å². The molecule has 1 aliphatic rings. The normalized spacial score (nSPS) is 17.5. The van der Waals surface area contributed by atoms with Crippen molar-refractivity contribution in [1.82, 2.24) is 25.2 Å². The summed E-state index contributed by atoms with van der Waals surface area (Å²) in [5, 5.41) is 10.9. The maximum Gasteiger partial charge on any atom is 0.417 e. The van der Waals surface area contributed by atoms with E-state index in [1.165, 1.54) is 0 Å². The van der Waals surface area contributed by atoms with Gasteiger partial charge in [0.2, 0.25) is 0 Å². The van der Waals surface area contributed by atoms with Crippen LogP contribution in [0.2, 0.25) is 0 Å². The van der Waals surface area contributed by atoms with E-state index < -0.39 is 11.7 Å². The molecule has 7 nitrogen and oxygen atoms in total. The molecule has 0 aliphatic carbocycles. The summed E-state index contributed by atoms with van der Waals surface area (Å²) in [6, 6.07) is 1.08. The van der Waals surface area contributed by atoms with Crippen molar-refractivity contribution in [2.75, 3.05) is 13.1 Å². The lowest BCUT2D eigenvalue weighted by atomic mass is 9.91. The Bertz CT molecular complexity index is 1150. The minimum atomic E-state index is -4.57. The van der Waals surface area contributed by atoms with Gasteiger partial charge in [-0.3, -0.25) is 9.89 Å². The zero-order chi connectivity index (χ0) is 23.2. The number of carbonyl (C=O) groups is 1. The summed E-state index contributed by atoms with van der Waals surface area (Å²) in [5.74, 6) is -0.805. The standard InChI is InChI=1S/C22H26F3N5O2/c1-5-15-12(4)18(28-27-15)21(31)30-8-6-7-13(10-30)19-17-14(22(23,24)25)9-16(11(2)3)26-20(17)32-29-19/h9,11,13H,5-8,10H2,1-4H3,(H,27,28). The highest BCUT2D eigenvalue weighted by atomic mass is 19.4. The number of carbonyl (C=O) groups excluding carboxylic acids is 1. The Morgan fingerprint density at radius 1 is 1.38 bits per heavy atom. The van der Waals surface area contributed by atoms with Crippen molar-refractivity contribution in [1.29, 1.82) is 0 Å². The van der Waals surface area contributed by atoms with Crippen molar-refractivity contribution >= 4 is 17.0 Å². The Kier molecular flexibility index (Phi) is 5.72. The van der Waals surface area contributed by atoms with Crippen LogP contribution >= 0.6 is 0 Å². The van der Waals surface area contributed by atoms with Gasteiger partial charge in [-0.2, -0.15) is 18.3 Å². The first kappa shape index (κ1) is 22.3. The van der Waals surface area contributed by atoms with Crippen LogP contribution in [-0.4, -0.2) is 44.2 Å². The Labute approximate surface area is 183 Å². The molecule has 3 aromatic heterocycles. The molecule has 0 radical (unpaired) electrons. The third-order valence-corrected chi connectivity index (χ3v) is 6.15. The number of aromatic nitrogens is 4. The Morgan fingerprint density at radius 3 is 2.75 bits per heavy atom. The van der Waals surface area contributed by atoms with Gasteiger partial charge in [-0.1, -0.05) is 25.9 Å². The Balaban J connectivity index is 1.70. The second-order valence-electron chi connectivity index (χ2n) is 8.61. The van der Waals surface area contributed by atoms with Gasteiger partial charge in [-0.15, -0.1) is 0 Å². The summed E-state index contributed by atoms with van der Waals surface area (Å²) < 4.78 is 47.0. The van der Waals surface area contributed by atoms with Gasteiger partial charge in [-0.25, -0.2) is 4.98 Å². The number of piperidine rings is 1.